The van der Waals surface area contributed by atoms with Gasteiger partial charge in [0, 0.05) is 17.5 Å². The van der Waals surface area contributed by atoms with Crippen LogP contribution in [-0.4, -0.2) is 13.2 Å². The minimum absolute atomic E-state index is 0.630. The number of halogens is 1. The highest BCUT2D eigenvalue weighted by Crippen LogP contribution is 2.29. The lowest BCUT2D eigenvalue weighted by Gasteiger charge is -2.27. The van der Waals surface area contributed by atoms with E-state index in [1.54, 1.807) is 5.92 Å². The molecule has 1 aromatic rings. The van der Waals surface area contributed by atoms with Crippen LogP contribution in [0.4, 0.5) is 0 Å². The number of ether oxygens (including phenoxy) is 1. The lowest BCUT2D eigenvalue weighted by atomic mass is 9.84. The molecule has 1 radical (unpaired) electrons. The second-order valence-electron chi connectivity index (χ2n) is 5.47. The van der Waals surface area contributed by atoms with E-state index in [0.29, 0.717) is 5.92 Å². The van der Waals surface area contributed by atoms with Gasteiger partial charge in [-0.1, -0.05) is 49.2 Å². The van der Waals surface area contributed by atoms with Gasteiger partial charge in [0.1, 0.15) is 0 Å². The number of hydrogen-bond acceptors (Lipinski definition) is 1. The molecule has 1 atom stereocenters. The van der Waals surface area contributed by atoms with Gasteiger partial charge in [0.25, 0.3) is 0 Å². The average molecular weight is 292 g/mol. The lowest BCUT2D eigenvalue weighted by molar-refractivity contribution is 0.0604. The normalized spacial score (nSPS) is 19.9. The fourth-order valence-electron chi connectivity index (χ4n) is 2.71. The highest BCUT2D eigenvalue weighted by Gasteiger charge is 2.21. The van der Waals surface area contributed by atoms with Gasteiger partial charge >= 0.3 is 0 Å². The Kier molecular flexibility index (Phi) is 6.62. The fourth-order valence-corrected chi connectivity index (χ4v) is 2.84. The highest BCUT2D eigenvalue weighted by molar-refractivity contribution is 6.30. The van der Waals surface area contributed by atoms with E-state index in [2.05, 4.69) is 31.2 Å². The molecule has 0 aliphatic carbocycles. The molecule has 2 rings (SSSR count). The molecular weight excluding hydrogens is 268 g/mol. The Morgan fingerprint density at radius 3 is 2.80 bits per heavy atom. The summed E-state index contributed by atoms with van der Waals surface area (Å²) < 4.78 is 5.62. The van der Waals surface area contributed by atoms with Crippen molar-refractivity contribution >= 4 is 11.6 Å². The number of benzene rings is 1. The van der Waals surface area contributed by atoms with Crippen LogP contribution in [-0.2, 0) is 11.2 Å². The predicted molar refractivity (Wildman–Crippen MR) is 86.0 cm³/mol. The summed E-state index contributed by atoms with van der Waals surface area (Å²) in [4.78, 5) is 0. The van der Waals surface area contributed by atoms with Crippen molar-refractivity contribution in [2.45, 2.75) is 39.0 Å². The maximum atomic E-state index is 5.90. The van der Waals surface area contributed by atoms with Crippen molar-refractivity contribution in [3.8, 4) is 0 Å². The van der Waals surface area contributed by atoms with Crippen LogP contribution in [0.5, 0.6) is 0 Å². The third-order valence-corrected chi connectivity index (χ3v) is 4.07. The molecule has 1 heterocycles. The minimum atomic E-state index is 0.630. The topological polar surface area (TPSA) is 9.23 Å². The first-order chi connectivity index (χ1) is 9.79. The molecular formula is C18H24ClO. The van der Waals surface area contributed by atoms with Crippen molar-refractivity contribution in [3.05, 3.63) is 52.9 Å². The Bertz CT molecular complexity index is 404. The molecule has 0 saturated carbocycles. The lowest BCUT2D eigenvalue weighted by Crippen LogP contribution is -2.22. The molecule has 109 valence electrons. The van der Waals surface area contributed by atoms with E-state index >= 15 is 0 Å². The van der Waals surface area contributed by atoms with Gasteiger partial charge in [0.05, 0.1) is 6.61 Å². The largest absolute Gasteiger partial charge is 0.381 e. The second-order valence-corrected chi connectivity index (χ2v) is 5.91. The molecule has 0 aromatic heterocycles. The van der Waals surface area contributed by atoms with Crippen molar-refractivity contribution in [1.82, 2.24) is 0 Å². The van der Waals surface area contributed by atoms with Crippen LogP contribution in [0, 0.1) is 11.8 Å². The van der Waals surface area contributed by atoms with E-state index in [1.165, 1.54) is 31.2 Å². The summed E-state index contributed by atoms with van der Waals surface area (Å²) in [7, 11) is 0. The van der Waals surface area contributed by atoms with Crippen LogP contribution in [0.15, 0.2) is 36.4 Å². The summed E-state index contributed by atoms with van der Waals surface area (Å²) in [6, 6.07) is 8.10. The Morgan fingerprint density at radius 2 is 2.15 bits per heavy atom. The van der Waals surface area contributed by atoms with Gasteiger partial charge in [-0.2, -0.15) is 0 Å². The van der Waals surface area contributed by atoms with Crippen LogP contribution in [0.2, 0.25) is 5.02 Å². The molecule has 0 bridgehead atoms. The van der Waals surface area contributed by atoms with E-state index in [9.17, 15) is 0 Å². The average Bonchev–Trinajstić information content (AvgIpc) is 2.49. The van der Waals surface area contributed by atoms with Crippen molar-refractivity contribution in [3.63, 3.8) is 0 Å². The maximum absolute atomic E-state index is 5.90. The van der Waals surface area contributed by atoms with Gasteiger partial charge in [-0.3, -0.25) is 0 Å². The molecule has 1 nitrogen and oxygen atoms in total. The van der Waals surface area contributed by atoms with Gasteiger partial charge < -0.3 is 4.74 Å². The highest BCUT2D eigenvalue weighted by atomic mass is 35.5. The summed E-state index contributed by atoms with van der Waals surface area (Å²) in [6.07, 6.45) is 10.4. The molecule has 1 fully saturated rings. The standard InChI is InChI=1S/C18H24ClO/c1-2-5-16(17-8-4-13-20-14-17)7-3-6-15-9-11-18(19)12-10-15/h3,7,9-12,17H,2,4-6,8,13-14H2,1H3. The SMILES string of the molecule is CCC[C](C=CCc1ccc(Cl)cc1)C1CCCOC1. The van der Waals surface area contributed by atoms with E-state index in [0.717, 1.165) is 24.7 Å². The number of rotatable bonds is 6. The Labute approximate surface area is 128 Å². The smallest absolute Gasteiger partial charge is 0.0502 e. The maximum Gasteiger partial charge on any atom is 0.0502 e. The van der Waals surface area contributed by atoms with Crippen LogP contribution < -0.4 is 0 Å². The van der Waals surface area contributed by atoms with Gasteiger partial charge in [-0.05, 0) is 49.3 Å². The van der Waals surface area contributed by atoms with E-state index in [1.807, 2.05) is 12.1 Å². The number of hydrogen-bond donors (Lipinski definition) is 0. The van der Waals surface area contributed by atoms with Crippen molar-refractivity contribution < 1.29 is 4.74 Å². The summed E-state index contributed by atoms with van der Waals surface area (Å²) >= 11 is 5.90. The van der Waals surface area contributed by atoms with E-state index in [-0.39, 0.29) is 0 Å². The quantitative estimate of drug-likeness (QED) is 0.696. The molecule has 0 spiro atoms. The molecule has 20 heavy (non-hydrogen) atoms. The van der Waals surface area contributed by atoms with Crippen LogP contribution in [0.1, 0.15) is 38.2 Å². The molecule has 2 heteroatoms. The van der Waals surface area contributed by atoms with Gasteiger partial charge in [-0.25, -0.2) is 0 Å². The third-order valence-electron chi connectivity index (χ3n) is 3.82. The fraction of sp³-hybridized carbons (Fsp3) is 0.500. The van der Waals surface area contributed by atoms with Crippen LogP contribution in [0.25, 0.3) is 0 Å². The zero-order valence-corrected chi connectivity index (χ0v) is 13.0. The first-order valence-electron chi connectivity index (χ1n) is 7.64. The first-order valence-corrected chi connectivity index (χ1v) is 8.02. The van der Waals surface area contributed by atoms with Crippen LogP contribution in [0.3, 0.4) is 0 Å². The summed E-state index contributed by atoms with van der Waals surface area (Å²) in [5, 5.41) is 0.801. The van der Waals surface area contributed by atoms with Crippen LogP contribution >= 0.6 is 11.6 Å². The van der Waals surface area contributed by atoms with Crippen molar-refractivity contribution in [1.29, 1.82) is 0 Å². The zero-order valence-electron chi connectivity index (χ0n) is 12.3. The van der Waals surface area contributed by atoms with Gasteiger partial charge in [0.15, 0.2) is 0 Å². The first kappa shape index (κ1) is 15.6. The van der Waals surface area contributed by atoms with Gasteiger partial charge in [-0.15, -0.1) is 0 Å². The molecule has 1 unspecified atom stereocenters. The van der Waals surface area contributed by atoms with Crippen molar-refractivity contribution in [2.75, 3.05) is 13.2 Å². The molecule has 1 aliphatic heterocycles. The van der Waals surface area contributed by atoms with E-state index < -0.39 is 0 Å². The minimum Gasteiger partial charge on any atom is -0.381 e. The molecule has 1 aromatic carbocycles. The Morgan fingerprint density at radius 1 is 1.35 bits per heavy atom. The van der Waals surface area contributed by atoms with Crippen molar-refractivity contribution in [2.24, 2.45) is 5.92 Å². The third kappa shape index (κ3) is 4.96. The number of allylic oxidation sites excluding steroid dienone is 2. The monoisotopic (exact) mass is 291 g/mol. The predicted octanol–water partition coefficient (Wildman–Crippen LogP) is 5.24. The van der Waals surface area contributed by atoms with Gasteiger partial charge in [0.2, 0.25) is 0 Å². The second kappa shape index (κ2) is 8.49. The molecule has 1 saturated heterocycles. The zero-order chi connectivity index (χ0) is 14.2. The van der Waals surface area contributed by atoms with E-state index in [4.69, 9.17) is 16.3 Å². The Hall–Kier alpha value is -0.790. The Balaban J connectivity index is 1.89. The molecule has 1 aliphatic rings. The molecule has 0 amide bonds. The summed E-state index contributed by atoms with van der Waals surface area (Å²) in [5.41, 5.74) is 1.31. The summed E-state index contributed by atoms with van der Waals surface area (Å²) in [5.74, 6) is 2.19. The molecule has 0 N–H and O–H groups in total. The summed E-state index contributed by atoms with van der Waals surface area (Å²) in [6.45, 7) is 4.09.